The molecule has 5 heteroatoms. The number of aliphatic carboxylic acids is 1. The average molecular weight is 234 g/mol. The largest absolute Gasteiger partial charge is 0.507 e. The predicted molar refractivity (Wildman–Crippen MR) is 60.1 cm³/mol. The van der Waals surface area contributed by atoms with Crippen LogP contribution in [0.15, 0.2) is 33.5 Å². The number of carbonyl (C=O) groups is 1. The number of rotatable bonds is 3. The van der Waals surface area contributed by atoms with Gasteiger partial charge in [0, 0.05) is 12.5 Å². The predicted octanol–water partition coefficient (Wildman–Crippen LogP) is 1.52. The van der Waals surface area contributed by atoms with E-state index in [2.05, 4.69) is 0 Å². The molecule has 2 aromatic rings. The van der Waals surface area contributed by atoms with Gasteiger partial charge in [0.15, 0.2) is 0 Å². The Labute approximate surface area is 95.9 Å². The van der Waals surface area contributed by atoms with Crippen LogP contribution in [0.3, 0.4) is 0 Å². The first-order valence-electron chi connectivity index (χ1n) is 5.04. The Kier molecular flexibility index (Phi) is 2.82. The van der Waals surface area contributed by atoms with E-state index in [1.165, 1.54) is 12.1 Å². The summed E-state index contributed by atoms with van der Waals surface area (Å²) in [5.41, 5.74) is 0.193. The molecule has 5 nitrogen and oxygen atoms in total. The van der Waals surface area contributed by atoms with Gasteiger partial charge in [0.1, 0.15) is 11.3 Å². The Morgan fingerprint density at radius 1 is 1.35 bits per heavy atom. The van der Waals surface area contributed by atoms with Crippen LogP contribution in [0.4, 0.5) is 0 Å². The molecular formula is C12H10O5. The van der Waals surface area contributed by atoms with Gasteiger partial charge < -0.3 is 14.6 Å². The molecule has 0 fully saturated rings. The van der Waals surface area contributed by atoms with Crippen LogP contribution in [-0.2, 0) is 11.2 Å². The number of benzene rings is 1. The zero-order valence-electron chi connectivity index (χ0n) is 8.84. The lowest BCUT2D eigenvalue weighted by molar-refractivity contribution is -0.136. The van der Waals surface area contributed by atoms with Gasteiger partial charge in [0.05, 0.1) is 5.39 Å². The first kappa shape index (κ1) is 11.2. The summed E-state index contributed by atoms with van der Waals surface area (Å²) in [4.78, 5) is 21.8. The van der Waals surface area contributed by atoms with E-state index in [0.717, 1.165) is 0 Å². The lowest BCUT2D eigenvalue weighted by atomic mass is 10.0. The van der Waals surface area contributed by atoms with Crippen molar-refractivity contribution in [3.63, 3.8) is 0 Å². The van der Waals surface area contributed by atoms with Crippen LogP contribution in [0, 0.1) is 0 Å². The fourth-order valence-electron chi connectivity index (χ4n) is 1.72. The molecule has 0 aliphatic rings. The van der Waals surface area contributed by atoms with E-state index in [1.54, 1.807) is 12.1 Å². The van der Waals surface area contributed by atoms with E-state index in [9.17, 15) is 14.7 Å². The molecule has 1 heterocycles. The highest BCUT2D eigenvalue weighted by atomic mass is 16.4. The van der Waals surface area contributed by atoms with Gasteiger partial charge in [-0.15, -0.1) is 0 Å². The first-order chi connectivity index (χ1) is 8.08. The third kappa shape index (κ3) is 2.28. The van der Waals surface area contributed by atoms with E-state index >= 15 is 0 Å². The summed E-state index contributed by atoms with van der Waals surface area (Å²) >= 11 is 0. The molecule has 1 aromatic carbocycles. The minimum atomic E-state index is -0.957. The third-order valence-corrected chi connectivity index (χ3v) is 2.44. The summed E-state index contributed by atoms with van der Waals surface area (Å²) < 4.78 is 4.93. The molecule has 0 unspecified atom stereocenters. The van der Waals surface area contributed by atoms with Gasteiger partial charge in [0.25, 0.3) is 0 Å². The zero-order chi connectivity index (χ0) is 12.4. The maximum atomic E-state index is 11.3. The Bertz CT molecular complexity index is 626. The molecule has 0 aliphatic heterocycles. The lowest BCUT2D eigenvalue weighted by Crippen LogP contribution is -2.03. The molecule has 0 radical (unpaired) electrons. The highest BCUT2D eigenvalue weighted by molar-refractivity contribution is 5.86. The standard InChI is InChI=1S/C12H10O5/c13-8-2-1-3-9-12(8)7(4-5-10(14)15)6-11(16)17-9/h1-3,6,13H,4-5H2,(H,14,15). The molecule has 0 saturated heterocycles. The third-order valence-electron chi connectivity index (χ3n) is 2.44. The van der Waals surface area contributed by atoms with Crippen LogP contribution in [0.25, 0.3) is 11.0 Å². The number of hydrogen-bond donors (Lipinski definition) is 2. The van der Waals surface area contributed by atoms with E-state index in [4.69, 9.17) is 9.52 Å². The molecule has 0 bridgehead atoms. The second-order valence-corrected chi connectivity index (χ2v) is 3.63. The fraction of sp³-hybridized carbons (Fsp3) is 0.167. The summed E-state index contributed by atoms with van der Waals surface area (Å²) in [5, 5.41) is 18.7. The van der Waals surface area contributed by atoms with Crippen molar-refractivity contribution in [1.82, 2.24) is 0 Å². The Balaban J connectivity index is 2.60. The van der Waals surface area contributed by atoms with Crippen molar-refractivity contribution in [1.29, 1.82) is 0 Å². The van der Waals surface area contributed by atoms with Crippen LogP contribution < -0.4 is 5.63 Å². The topological polar surface area (TPSA) is 87.7 Å². The minimum Gasteiger partial charge on any atom is -0.507 e. The van der Waals surface area contributed by atoms with Crippen molar-refractivity contribution in [2.24, 2.45) is 0 Å². The SMILES string of the molecule is O=C(O)CCc1cc(=O)oc2cccc(O)c12. The minimum absolute atomic E-state index is 0.0216. The second-order valence-electron chi connectivity index (χ2n) is 3.63. The monoisotopic (exact) mass is 234 g/mol. The summed E-state index contributed by atoms with van der Waals surface area (Å²) in [6, 6.07) is 5.79. The van der Waals surface area contributed by atoms with Crippen molar-refractivity contribution in [3.05, 3.63) is 40.2 Å². The molecule has 17 heavy (non-hydrogen) atoms. The number of carboxylic acid groups (broad SMARTS) is 1. The van der Waals surface area contributed by atoms with Gasteiger partial charge in [-0.25, -0.2) is 4.79 Å². The number of phenols is 1. The van der Waals surface area contributed by atoms with E-state index in [1.807, 2.05) is 0 Å². The van der Waals surface area contributed by atoms with Crippen LogP contribution in [0.1, 0.15) is 12.0 Å². The number of carboxylic acids is 1. The fourth-order valence-corrected chi connectivity index (χ4v) is 1.72. The summed E-state index contributed by atoms with van der Waals surface area (Å²) in [6.07, 6.45) is 0.0713. The highest BCUT2D eigenvalue weighted by Crippen LogP contribution is 2.27. The molecule has 0 spiro atoms. The second kappa shape index (κ2) is 4.29. The van der Waals surface area contributed by atoms with Gasteiger partial charge in [-0.05, 0) is 24.1 Å². The smallest absolute Gasteiger partial charge is 0.336 e. The Morgan fingerprint density at radius 3 is 2.82 bits per heavy atom. The van der Waals surface area contributed by atoms with Crippen LogP contribution in [0.5, 0.6) is 5.75 Å². The quantitative estimate of drug-likeness (QED) is 0.786. The molecule has 88 valence electrons. The van der Waals surface area contributed by atoms with Gasteiger partial charge in [0.2, 0.25) is 0 Å². The van der Waals surface area contributed by atoms with Crippen LogP contribution >= 0.6 is 0 Å². The molecule has 1 aromatic heterocycles. The number of fused-ring (bicyclic) bond motifs is 1. The van der Waals surface area contributed by atoms with Crippen molar-refractivity contribution in [2.45, 2.75) is 12.8 Å². The maximum Gasteiger partial charge on any atom is 0.336 e. The molecule has 0 saturated carbocycles. The van der Waals surface area contributed by atoms with Crippen LogP contribution in [0.2, 0.25) is 0 Å². The number of phenolic OH excluding ortho intramolecular Hbond substituents is 1. The number of hydrogen-bond acceptors (Lipinski definition) is 4. The van der Waals surface area contributed by atoms with Crippen molar-refractivity contribution >= 4 is 16.9 Å². The number of aryl methyl sites for hydroxylation is 1. The zero-order valence-corrected chi connectivity index (χ0v) is 8.84. The van der Waals surface area contributed by atoms with Gasteiger partial charge in [-0.3, -0.25) is 4.79 Å². The van der Waals surface area contributed by atoms with Crippen molar-refractivity contribution in [3.8, 4) is 5.75 Å². The van der Waals surface area contributed by atoms with Crippen molar-refractivity contribution < 1.29 is 19.4 Å². The number of aromatic hydroxyl groups is 1. The van der Waals surface area contributed by atoms with Crippen LogP contribution in [-0.4, -0.2) is 16.2 Å². The molecule has 0 aliphatic carbocycles. The average Bonchev–Trinajstić information content (AvgIpc) is 2.25. The maximum absolute atomic E-state index is 11.3. The molecular weight excluding hydrogens is 224 g/mol. The normalized spacial score (nSPS) is 10.6. The first-order valence-corrected chi connectivity index (χ1v) is 5.04. The highest BCUT2D eigenvalue weighted by Gasteiger charge is 2.10. The van der Waals surface area contributed by atoms with Crippen molar-refractivity contribution in [2.75, 3.05) is 0 Å². The van der Waals surface area contributed by atoms with Gasteiger partial charge >= 0.3 is 11.6 Å². The Hall–Kier alpha value is -2.30. The van der Waals surface area contributed by atoms with Gasteiger partial charge in [-0.2, -0.15) is 0 Å². The van der Waals surface area contributed by atoms with E-state index < -0.39 is 11.6 Å². The summed E-state index contributed by atoms with van der Waals surface area (Å²) in [6.45, 7) is 0. The molecule has 0 atom stereocenters. The summed E-state index contributed by atoms with van der Waals surface area (Å²) in [7, 11) is 0. The molecule has 2 N–H and O–H groups in total. The van der Waals surface area contributed by atoms with Gasteiger partial charge in [-0.1, -0.05) is 6.07 Å². The lowest BCUT2D eigenvalue weighted by Gasteiger charge is -2.05. The Morgan fingerprint density at radius 2 is 2.12 bits per heavy atom. The molecule has 0 amide bonds. The summed E-state index contributed by atoms with van der Waals surface area (Å²) in [5.74, 6) is -0.978. The van der Waals surface area contributed by atoms with E-state index in [-0.39, 0.29) is 24.2 Å². The molecule has 2 rings (SSSR count). The van der Waals surface area contributed by atoms with E-state index in [0.29, 0.717) is 10.9 Å².